The highest BCUT2D eigenvalue weighted by molar-refractivity contribution is 5.78. The maximum absolute atomic E-state index is 11.4. The molecule has 0 saturated carbocycles. The summed E-state index contributed by atoms with van der Waals surface area (Å²) in [5.41, 5.74) is -0.677. The Balaban J connectivity index is 2.84. The largest absolute Gasteiger partial charge is 0.480 e. The Morgan fingerprint density at radius 1 is 1.60 bits per heavy atom. The first-order valence-electron chi connectivity index (χ1n) is 5.88. The van der Waals surface area contributed by atoms with Crippen LogP contribution in [-0.4, -0.2) is 34.1 Å². The summed E-state index contributed by atoms with van der Waals surface area (Å²) >= 11 is 0. The average molecular weight is 213 g/mol. The lowest BCUT2D eigenvalue weighted by molar-refractivity contribution is -0.152. The van der Waals surface area contributed by atoms with Crippen molar-refractivity contribution >= 4 is 5.97 Å². The molecule has 1 saturated heterocycles. The van der Waals surface area contributed by atoms with E-state index < -0.39 is 11.5 Å². The first-order valence-corrected chi connectivity index (χ1v) is 5.88. The summed E-state index contributed by atoms with van der Waals surface area (Å²) in [5, 5.41) is 9.42. The van der Waals surface area contributed by atoms with Crippen LogP contribution in [0.3, 0.4) is 0 Å². The zero-order valence-electron chi connectivity index (χ0n) is 10.3. The van der Waals surface area contributed by atoms with Crippen molar-refractivity contribution in [2.45, 2.75) is 58.5 Å². The van der Waals surface area contributed by atoms with Crippen LogP contribution >= 0.6 is 0 Å². The smallest absolute Gasteiger partial charge is 0.323 e. The zero-order valence-corrected chi connectivity index (χ0v) is 10.3. The molecule has 2 atom stereocenters. The van der Waals surface area contributed by atoms with E-state index in [4.69, 9.17) is 0 Å². The van der Waals surface area contributed by atoms with Gasteiger partial charge in [-0.05, 0) is 45.6 Å². The summed E-state index contributed by atoms with van der Waals surface area (Å²) in [6, 6.07) is 0.407. The Kier molecular flexibility index (Phi) is 3.77. The lowest BCUT2D eigenvalue weighted by atomic mass is 9.88. The maximum atomic E-state index is 11.4. The normalized spacial score (nSPS) is 26.9. The van der Waals surface area contributed by atoms with Gasteiger partial charge in [0.15, 0.2) is 0 Å². The number of nitrogens with zero attached hydrogens (tertiary/aromatic N) is 1. The van der Waals surface area contributed by atoms with E-state index in [1.165, 1.54) is 0 Å². The predicted molar refractivity (Wildman–Crippen MR) is 60.9 cm³/mol. The summed E-state index contributed by atoms with van der Waals surface area (Å²) in [5.74, 6) is -0.260. The third-order valence-electron chi connectivity index (χ3n) is 3.45. The number of carboxylic acid groups (broad SMARTS) is 1. The van der Waals surface area contributed by atoms with Gasteiger partial charge in [0.2, 0.25) is 0 Å². The highest BCUT2D eigenvalue weighted by atomic mass is 16.4. The fourth-order valence-corrected chi connectivity index (χ4v) is 2.79. The minimum atomic E-state index is -0.677. The first-order chi connectivity index (χ1) is 6.88. The number of carboxylic acids is 1. The van der Waals surface area contributed by atoms with E-state index in [2.05, 4.69) is 25.7 Å². The number of likely N-dealkylation sites (tertiary alicyclic amines) is 1. The molecule has 3 nitrogen and oxygen atoms in total. The van der Waals surface area contributed by atoms with Gasteiger partial charge in [-0.1, -0.05) is 13.8 Å². The van der Waals surface area contributed by atoms with Crippen LogP contribution in [0, 0.1) is 5.92 Å². The molecule has 0 radical (unpaired) electrons. The van der Waals surface area contributed by atoms with Crippen LogP contribution in [0.1, 0.15) is 47.0 Å². The van der Waals surface area contributed by atoms with Gasteiger partial charge in [0, 0.05) is 6.04 Å². The van der Waals surface area contributed by atoms with Crippen molar-refractivity contribution in [3.8, 4) is 0 Å². The monoisotopic (exact) mass is 213 g/mol. The standard InChI is InChI=1S/C12H23NO2/c1-9(2)8-12(4,11(14)15)13-7-5-6-10(13)3/h9-10H,5-8H2,1-4H3,(H,14,15). The summed E-state index contributed by atoms with van der Waals surface area (Å²) in [6.07, 6.45) is 2.98. The van der Waals surface area contributed by atoms with Crippen molar-refractivity contribution in [1.82, 2.24) is 4.90 Å². The highest BCUT2D eigenvalue weighted by Crippen LogP contribution is 2.31. The molecule has 3 heteroatoms. The van der Waals surface area contributed by atoms with Crippen LogP contribution in [-0.2, 0) is 4.79 Å². The second kappa shape index (κ2) is 4.52. The third kappa shape index (κ3) is 2.51. The second-order valence-electron chi connectivity index (χ2n) is 5.36. The molecule has 0 aromatic rings. The van der Waals surface area contributed by atoms with Gasteiger partial charge in [0.25, 0.3) is 0 Å². The van der Waals surface area contributed by atoms with Gasteiger partial charge in [-0.3, -0.25) is 9.69 Å². The Labute approximate surface area is 92.5 Å². The van der Waals surface area contributed by atoms with E-state index in [-0.39, 0.29) is 0 Å². The van der Waals surface area contributed by atoms with Crippen LogP contribution in [0.4, 0.5) is 0 Å². The fourth-order valence-electron chi connectivity index (χ4n) is 2.79. The molecule has 0 spiro atoms. The molecule has 1 fully saturated rings. The molecule has 15 heavy (non-hydrogen) atoms. The topological polar surface area (TPSA) is 40.5 Å². The molecule has 0 aliphatic carbocycles. The molecule has 1 rings (SSSR count). The van der Waals surface area contributed by atoms with Gasteiger partial charge < -0.3 is 5.11 Å². The summed E-state index contributed by atoms with van der Waals surface area (Å²) < 4.78 is 0. The number of aliphatic carboxylic acids is 1. The average Bonchev–Trinajstić information content (AvgIpc) is 2.49. The SMILES string of the molecule is CC(C)CC(C)(C(=O)O)N1CCCC1C. The van der Waals surface area contributed by atoms with E-state index in [0.717, 1.165) is 25.8 Å². The fraction of sp³-hybridized carbons (Fsp3) is 0.917. The molecule has 2 unspecified atom stereocenters. The van der Waals surface area contributed by atoms with Crippen molar-refractivity contribution in [3.05, 3.63) is 0 Å². The van der Waals surface area contributed by atoms with Crippen molar-refractivity contribution in [2.24, 2.45) is 5.92 Å². The van der Waals surface area contributed by atoms with Crippen molar-refractivity contribution in [2.75, 3.05) is 6.54 Å². The maximum Gasteiger partial charge on any atom is 0.323 e. The van der Waals surface area contributed by atoms with Crippen LogP contribution in [0.2, 0.25) is 0 Å². The van der Waals surface area contributed by atoms with Gasteiger partial charge in [-0.15, -0.1) is 0 Å². The molecule has 88 valence electrons. The predicted octanol–water partition coefficient (Wildman–Crippen LogP) is 2.36. The van der Waals surface area contributed by atoms with E-state index in [1.807, 2.05) is 6.92 Å². The number of hydrogen-bond donors (Lipinski definition) is 1. The Morgan fingerprint density at radius 2 is 2.20 bits per heavy atom. The van der Waals surface area contributed by atoms with Crippen LogP contribution in [0.25, 0.3) is 0 Å². The molecule has 1 aliphatic rings. The van der Waals surface area contributed by atoms with Crippen LogP contribution in [0.5, 0.6) is 0 Å². The zero-order chi connectivity index (χ0) is 11.6. The molecule has 0 aromatic carbocycles. The Bertz CT molecular complexity index is 240. The van der Waals surface area contributed by atoms with Crippen LogP contribution < -0.4 is 0 Å². The van der Waals surface area contributed by atoms with E-state index in [9.17, 15) is 9.90 Å². The molecule has 0 aromatic heterocycles. The van der Waals surface area contributed by atoms with Gasteiger partial charge in [-0.25, -0.2) is 0 Å². The Hall–Kier alpha value is -0.570. The summed E-state index contributed by atoms with van der Waals surface area (Å²) in [6.45, 7) is 9.10. The molecule has 1 N–H and O–H groups in total. The van der Waals surface area contributed by atoms with E-state index in [1.54, 1.807) is 0 Å². The molecular formula is C12H23NO2. The lowest BCUT2D eigenvalue weighted by Gasteiger charge is -2.39. The molecule has 0 amide bonds. The Morgan fingerprint density at radius 3 is 2.53 bits per heavy atom. The number of rotatable bonds is 4. The third-order valence-corrected chi connectivity index (χ3v) is 3.45. The molecule has 0 bridgehead atoms. The lowest BCUT2D eigenvalue weighted by Crippen LogP contribution is -2.54. The number of carbonyl (C=O) groups is 1. The summed E-state index contributed by atoms with van der Waals surface area (Å²) in [7, 11) is 0. The quantitative estimate of drug-likeness (QED) is 0.779. The minimum absolute atomic E-state index is 0.407. The summed E-state index contributed by atoms with van der Waals surface area (Å²) in [4.78, 5) is 13.6. The molecule has 1 aliphatic heterocycles. The van der Waals surface area contributed by atoms with Gasteiger partial charge in [0.1, 0.15) is 5.54 Å². The second-order valence-corrected chi connectivity index (χ2v) is 5.36. The van der Waals surface area contributed by atoms with E-state index in [0.29, 0.717) is 12.0 Å². The van der Waals surface area contributed by atoms with Gasteiger partial charge >= 0.3 is 5.97 Å². The van der Waals surface area contributed by atoms with Crippen molar-refractivity contribution in [3.63, 3.8) is 0 Å². The van der Waals surface area contributed by atoms with Crippen molar-refractivity contribution < 1.29 is 9.90 Å². The van der Waals surface area contributed by atoms with Crippen molar-refractivity contribution in [1.29, 1.82) is 0 Å². The molecular weight excluding hydrogens is 190 g/mol. The molecule has 1 heterocycles. The highest BCUT2D eigenvalue weighted by Gasteiger charge is 2.43. The number of hydrogen-bond acceptors (Lipinski definition) is 2. The van der Waals surface area contributed by atoms with Gasteiger partial charge in [-0.2, -0.15) is 0 Å². The van der Waals surface area contributed by atoms with Gasteiger partial charge in [0.05, 0.1) is 0 Å². The van der Waals surface area contributed by atoms with Crippen LogP contribution in [0.15, 0.2) is 0 Å². The first kappa shape index (κ1) is 12.5. The van der Waals surface area contributed by atoms with E-state index >= 15 is 0 Å². The minimum Gasteiger partial charge on any atom is -0.480 e.